The van der Waals surface area contributed by atoms with Crippen LogP contribution in [0.1, 0.15) is 46.2 Å². The van der Waals surface area contributed by atoms with Crippen molar-refractivity contribution in [3.05, 3.63) is 132 Å². The van der Waals surface area contributed by atoms with Crippen molar-refractivity contribution in [1.82, 2.24) is 15.0 Å². The van der Waals surface area contributed by atoms with Gasteiger partial charge in [0.2, 0.25) is 0 Å². The van der Waals surface area contributed by atoms with Crippen LogP contribution in [-0.4, -0.2) is 23.0 Å². The summed E-state index contributed by atoms with van der Waals surface area (Å²) in [5.41, 5.74) is 5.26. The Kier molecular flexibility index (Phi) is 8.28. The first-order valence-corrected chi connectivity index (χ1v) is 19.5. The van der Waals surface area contributed by atoms with Gasteiger partial charge in [-0.05, 0) is 63.5 Å². The summed E-state index contributed by atoms with van der Waals surface area (Å²) in [4.78, 5) is 14.1. The Bertz CT molecular complexity index is 2460. The molecule has 0 saturated heterocycles. The van der Waals surface area contributed by atoms with Crippen LogP contribution < -0.4 is 5.19 Å². The summed E-state index contributed by atoms with van der Waals surface area (Å²) in [5, 5.41) is 2.95. The molecule has 0 amide bonds. The van der Waals surface area contributed by atoms with E-state index in [0.717, 1.165) is 37.9 Å². The minimum Gasteiger partial charge on any atom is -0.305 e. The largest absolute Gasteiger partial charge is 0.305 e. The predicted octanol–water partition coefficient (Wildman–Crippen LogP) is 10.9. The molecule has 7 aromatic rings. The van der Waals surface area contributed by atoms with E-state index in [1.54, 1.807) is 30.5 Å². The molecule has 1 radical (unpaired) electrons. The average molecular weight is 851 g/mol. The van der Waals surface area contributed by atoms with Gasteiger partial charge in [-0.25, -0.2) is 4.98 Å². The normalized spacial score (nSPS) is 14.2. The van der Waals surface area contributed by atoms with Gasteiger partial charge in [-0.2, -0.15) is 11.3 Å². The van der Waals surface area contributed by atoms with E-state index in [-0.39, 0.29) is 37.2 Å². The van der Waals surface area contributed by atoms with E-state index in [0.29, 0.717) is 21.7 Å². The van der Waals surface area contributed by atoms with E-state index in [2.05, 4.69) is 46.7 Å². The van der Waals surface area contributed by atoms with Crippen molar-refractivity contribution in [2.75, 3.05) is 0 Å². The zero-order valence-electron chi connectivity index (χ0n) is 34.2. The maximum absolute atomic E-state index is 13.0. The monoisotopic (exact) mass is 851 g/mol. The SMILES string of the molecule is [2H]C(C)(C)c1cc(-c2[c-]cc(F)cc2)ncc1[Si](C)(C)C.[2H]C([2H])([2H])c1ccc2c(n1)sc1c(-c3cc(C([2H])([2H])[2H])c(-c4ccccc4)cn3)[c-]ccc12.[Ir]. The summed E-state index contributed by atoms with van der Waals surface area (Å²) in [6, 6.07) is 30.3. The van der Waals surface area contributed by atoms with Gasteiger partial charge in [-0.3, -0.25) is 4.39 Å². The van der Waals surface area contributed by atoms with Gasteiger partial charge in [0.1, 0.15) is 4.83 Å². The number of aryl methyl sites for hydroxylation is 2. The fourth-order valence-corrected chi connectivity index (χ4v) is 8.19. The van der Waals surface area contributed by atoms with E-state index in [4.69, 9.17) is 9.60 Å². The minimum atomic E-state index is -2.33. The third kappa shape index (κ3) is 7.55. The summed E-state index contributed by atoms with van der Waals surface area (Å²) in [5.74, 6) is -0.994. The second-order valence-corrected chi connectivity index (χ2v) is 18.6. The topological polar surface area (TPSA) is 38.7 Å². The molecule has 0 atom stereocenters. The quantitative estimate of drug-likeness (QED) is 0.128. The summed E-state index contributed by atoms with van der Waals surface area (Å²) >= 11 is 1.35. The van der Waals surface area contributed by atoms with Gasteiger partial charge < -0.3 is 9.97 Å². The Labute approximate surface area is 311 Å². The predicted molar refractivity (Wildman–Crippen MR) is 200 cm³/mol. The van der Waals surface area contributed by atoms with Crippen LogP contribution in [0.15, 0.2) is 97.3 Å². The van der Waals surface area contributed by atoms with Gasteiger partial charge in [-0.15, -0.1) is 53.6 Å². The summed E-state index contributed by atoms with van der Waals surface area (Å²) in [6.07, 6.45) is 3.49. The molecule has 7 rings (SSSR count). The molecular formula is C41H38FIrN3SSi-2. The van der Waals surface area contributed by atoms with Crippen molar-refractivity contribution in [2.45, 2.75) is 53.1 Å². The van der Waals surface area contributed by atoms with Crippen molar-refractivity contribution < 1.29 is 34.1 Å². The molecule has 0 unspecified atom stereocenters. The van der Waals surface area contributed by atoms with Gasteiger partial charge in [0.05, 0.1) is 8.07 Å². The van der Waals surface area contributed by atoms with Crippen molar-refractivity contribution in [2.24, 2.45) is 0 Å². The van der Waals surface area contributed by atoms with Gasteiger partial charge in [0.25, 0.3) is 0 Å². The second kappa shape index (κ2) is 14.7. The molecule has 0 aliphatic rings. The smallest absolute Gasteiger partial charge is 0.113 e. The first-order chi connectivity index (χ1) is 25.2. The van der Waals surface area contributed by atoms with Crippen LogP contribution in [0.25, 0.3) is 53.9 Å². The summed E-state index contributed by atoms with van der Waals surface area (Å²) < 4.78 is 69.4. The standard InChI is InChI=1S/C24H17N2S.C17H21FNSi.Ir/c1-15-13-22(25-14-21(15)17-7-4-3-5-8-17)20-10-6-9-18-19-12-11-16(2)26-24(19)27-23(18)20;1-12(2)15-10-16(13-6-8-14(18)9-7-13)19-11-17(15)20(3,4)5;/h3-9,11-14H,1-2H3;6,8-12H,1-5H3;/q2*-1;/i1D3,2D3;12D;. The third-order valence-corrected chi connectivity index (χ3v) is 11.0. The molecule has 0 aliphatic heterocycles. The Morgan fingerprint density at radius 1 is 0.875 bits per heavy atom. The fourth-order valence-electron chi connectivity index (χ4n) is 5.43. The number of pyridine rings is 3. The Hall–Kier alpha value is -3.87. The van der Waals surface area contributed by atoms with Crippen molar-refractivity contribution in [3.63, 3.8) is 0 Å². The number of thiophene rings is 1. The van der Waals surface area contributed by atoms with Crippen LogP contribution in [-0.2, 0) is 20.1 Å². The molecule has 3 nitrogen and oxygen atoms in total. The van der Waals surface area contributed by atoms with Crippen LogP contribution in [0.3, 0.4) is 0 Å². The van der Waals surface area contributed by atoms with Crippen molar-refractivity contribution in [3.8, 4) is 33.6 Å². The Morgan fingerprint density at radius 2 is 1.67 bits per heavy atom. The molecule has 0 N–H and O–H groups in total. The molecule has 48 heavy (non-hydrogen) atoms. The molecule has 3 aromatic carbocycles. The molecule has 0 fully saturated rings. The van der Waals surface area contributed by atoms with E-state index in [1.165, 1.54) is 34.7 Å². The first kappa shape index (κ1) is 27.0. The number of aromatic nitrogens is 3. The van der Waals surface area contributed by atoms with Crippen LogP contribution in [0.5, 0.6) is 0 Å². The zero-order chi connectivity index (χ0) is 39.2. The molecular weight excluding hydrogens is 806 g/mol. The van der Waals surface area contributed by atoms with Gasteiger partial charge in [0, 0.05) is 59.2 Å². The number of hydrogen-bond acceptors (Lipinski definition) is 4. The zero-order valence-corrected chi connectivity index (χ0v) is 31.4. The second-order valence-electron chi connectivity index (χ2n) is 12.5. The van der Waals surface area contributed by atoms with E-state index in [1.807, 2.05) is 62.5 Å². The fraction of sp³-hybridized carbons (Fsp3) is 0.195. The summed E-state index contributed by atoms with van der Waals surface area (Å²) in [7, 11) is -1.57. The number of halogens is 1. The molecule has 0 saturated carbocycles. The molecule has 0 spiro atoms. The molecule has 0 bridgehead atoms. The molecule has 245 valence electrons. The number of fused-ring (bicyclic) bond motifs is 3. The maximum Gasteiger partial charge on any atom is 0.113 e. The van der Waals surface area contributed by atoms with E-state index < -0.39 is 27.7 Å². The van der Waals surface area contributed by atoms with Crippen LogP contribution >= 0.6 is 11.3 Å². The van der Waals surface area contributed by atoms with E-state index >= 15 is 0 Å². The number of hydrogen-bond donors (Lipinski definition) is 0. The number of nitrogens with zero attached hydrogens (tertiary/aromatic N) is 3. The van der Waals surface area contributed by atoms with E-state index in [9.17, 15) is 4.39 Å². The third-order valence-electron chi connectivity index (χ3n) is 7.84. The Balaban J connectivity index is 0.000000229. The number of benzene rings is 3. The Morgan fingerprint density at radius 3 is 2.35 bits per heavy atom. The van der Waals surface area contributed by atoms with Gasteiger partial charge in [0.15, 0.2) is 0 Å². The van der Waals surface area contributed by atoms with Crippen molar-refractivity contribution in [1.29, 1.82) is 0 Å². The summed E-state index contributed by atoms with van der Waals surface area (Å²) in [6.45, 7) is 5.93. The number of rotatable bonds is 5. The van der Waals surface area contributed by atoms with Crippen LogP contribution in [0, 0.1) is 31.7 Å². The van der Waals surface area contributed by atoms with Crippen LogP contribution in [0.2, 0.25) is 19.6 Å². The van der Waals surface area contributed by atoms with Crippen LogP contribution in [0.4, 0.5) is 4.39 Å². The molecule has 0 aliphatic carbocycles. The molecule has 7 heteroatoms. The van der Waals surface area contributed by atoms with Crippen molar-refractivity contribution >= 4 is 44.9 Å². The van der Waals surface area contributed by atoms with Gasteiger partial charge in [-0.1, -0.05) is 93.0 Å². The molecule has 4 aromatic heterocycles. The average Bonchev–Trinajstić information content (AvgIpc) is 3.49. The first-order valence-electron chi connectivity index (χ1n) is 18.7. The molecule has 4 heterocycles. The van der Waals surface area contributed by atoms with Gasteiger partial charge >= 0.3 is 0 Å². The minimum absolute atomic E-state index is 0. The maximum atomic E-state index is 13.0.